The summed E-state index contributed by atoms with van der Waals surface area (Å²) in [6, 6.07) is 9.54. The molecular weight excluding hydrogens is 232 g/mol. The van der Waals surface area contributed by atoms with E-state index in [0.717, 1.165) is 6.42 Å². The van der Waals surface area contributed by atoms with Crippen molar-refractivity contribution < 1.29 is 0 Å². The molecule has 1 aromatic rings. The van der Waals surface area contributed by atoms with Gasteiger partial charge in [0.15, 0.2) is 0 Å². The maximum Gasteiger partial charge on any atom is 0.0675 e. The molecular formula is C17H24N2. The van der Waals surface area contributed by atoms with Crippen LogP contribution in [-0.4, -0.2) is 19.0 Å². The molecule has 2 nitrogen and oxygen atoms in total. The summed E-state index contributed by atoms with van der Waals surface area (Å²) in [5.41, 5.74) is 4.32. The van der Waals surface area contributed by atoms with Gasteiger partial charge < -0.3 is 4.90 Å². The number of nitrogens with zero attached hydrogens (tertiary/aromatic N) is 2. The van der Waals surface area contributed by atoms with E-state index in [9.17, 15) is 5.26 Å². The minimum Gasteiger partial charge on any atom is -0.301 e. The zero-order valence-corrected chi connectivity index (χ0v) is 12.3. The molecule has 102 valence electrons. The molecule has 19 heavy (non-hydrogen) atoms. The van der Waals surface area contributed by atoms with Crippen molar-refractivity contribution in [2.24, 2.45) is 5.92 Å². The first-order valence-electron chi connectivity index (χ1n) is 7.35. The first-order valence-corrected chi connectivity index (χ1v) is 7.35. The number of nitriles is 1. The van der Waals surface area contributed by atoms with E-state index in [1.165, 1.54) is 42.4 Å². The molecule has 1 aliphatic rings. The van der Waals surface area contributed by atoms with Crippen LogP contribution in [0.3, 0.4) is 0 Å². The summed E-state index contributed by atoms with van der Waals surface area (Å²) in [7, 11) is 4.15. The zero-order valence-electron chi connectivity index (χ0n) is 12.3. The average molecular weight is 256 g/mol. The van der Waals surface area contributed by atoms with Crippen molar-refractivity contribution >= 4 is 0 Å². The molecule has 2 heteroatoms. The molecule has 0 aromatic heterocycles. The molecule has 0 heterocycles. The molecule has 2 atom stereocenters. The maximum atomic E-state index is 9.37. The Morgan fingerprint density at radius 1 is 1.21 bits per heavy atom. The molecule has 0 spiro atoms. The lowest BCUT2D eigenvalue weighted by Gasteiger charge is -2.29. The predicted octanol–water partition coefficient (Wildman–Crippen LogP) is 3.72. The molecule has 0 fully saturated rings. The van der Waals surface area contributed by atoms with Gasteiger partial charge in [0.1, 0.15) is 0 Å². The van der Waals surface area contributed by atoms with E-state index >= 15 is 0 Å². The monoisotopic (exact) mass is 256 g/mol. The maximum absolute atomic E-state index is 9.37. The highest BCUT2D eigenvalue weighted by atomic mass is 15.1. The highest BCUT2D eigenvalue weighted by Gasteiger charge is 2.24. The number of benzene rings is 1. The number of hydrogen-bond acceptors (Lipinski definition) is 2. The summed E-state index contributed by atoms with van der Waals surface area (Å²) >= 11 is 0. The summed E-state index contributed by atoms with van der Waals surface area (Å²) in [6.45, 7) is 2.10. The molecule has 0 bridgehead atoms. The fourth-order valence-corrected chi connectivity index (χ4v) is 3.21. The fourth-order valence-electron chi connectivity index (χ4n) is 3.21. The molecule has 1 aromatic carbocycles. The van der Waals surface area contributed by atoms with Gasteiger partial charge in [0.05, 0.1) is 18.0 Å². The van der Waals surface area contributed by atoms with E-state index < -0.39 is 0 Å². The van der Waals surface area contributed by atoms with Gasteiger partial charge in [-0.05, 0) is 62.9 Å². The van der Waals surface area contributed by atoms with E-state index in [1.807, 2.05) is 0 Å². The van der Waals surface area contributed by atoms with Gasteiger partial charge in [-0.25, -0.2) is 0 Å². The summed E-state index contributed by atoms with van der Waals surface area (Å²) < 4.78 is 0. The van der Waals surface area contributed by atoms with Crippen LogP contribution in [0, 0.1) is 17.2 Å². The first kappa shape index (κ1) is 14.1. The lowest BCUT2D eigenvalue weighted by molar-refractivity contribution is 0.241. The second kappa shape index (κ2) is 6.21. The first-order chi connectivity index (χ1) is 9.17. The SMILES string of the molecule is CCC(C#N)C(c1ccc2c(c1)CCCC2)N(C)C. The Labute approximate surface area is 117 Å². The van der Waals surface area contributed by atoms with E-state index in [2.05, 4.69) is 50.2 Å². The van der Waals surface area contributed by atoms with Crippen LogP contribution in [0.2, 0.25) is 0 Å². The normalized spacial score (nSPS) is 17.6. The van der Waals surface area contributed by atoms with Gasteiger partial charge in [0.2, 0.25) is 0 Å². The number of fused-ring (bicyclic) bond motifs is 1. The summed E-state index contributed by atoms with van der Waals surface area (Å²) in [5, 5.41) is 9.37. The van der Waals surface area contributed by atoms with Gasteiger partial charge >= 0.3 is 0 Å². The highest BCUT2D eigenvalue weighted by molar-refractivity contribution is 5.36. The smallest absolute Gasteiger partial charge is 0.0675 e. The van der Waals surface area contributed by atoms with Crippen LogP contribution >= 0.6 is 0 Å². The Kier molecular flexibility index (Phi) is 4.61. The minimum absolute atomic E-state index is 0.0663. The molecule has 0 radical (unpaired) electrons. The van der Waals surface area contributed by atoms with Gasteiger partial charge in [-0.1, -0.05) is 25.1 Å². The van der Waals surface area contributed by atoms with Crippen LogP contribution in [-0.2, 0) is 12.8 Å². The molecule has 0 N–H and O–H groups in total. The Morgan fingerprint density at radius 2 is 1.89 bits per heavy atom. The number of hydrogen-bond donors (Lipinski definition) is 0. The summed E-state index contributed by atoms with van der Waals surface area (Å²) in [6.07, 6.45) is 5.94. The van der Waals surface area contributed by atoms with E-state index in [4.69, 9.17) is 0 Å². The van der Waals surface area contributed by atoms with Crippen molar-refractivity contribution in [3.63, 3.8) is 0 Å². The van der Waals surface area contributed by atoms with Crippen molar-refractivity contribution in [1.29, 1.82) is 5.26 Å². The molecule has 0 saturated carbocycles. The van der Waals surface area contributed by atoms with Crippen LogP contribution in [0.5, 0.6) is 0 Å². The standard InChI is InChI=1S/C17H24N2/c1-4-13(12-18)17(19(2)3)16-10-9-14-7-5-6-8-15(14)11-16/h9-11,13,17H,4-8H2,1-3H3. The van der Waals surface area contributed by atoms with Crippen LogP contribution in [0.4, 0.5) is 0 Å². The van der Waals surface area contributed by atoms with Crippen LogP contribution in [0.25, 0.3) is 0 Å². The summed E-state index contributed by atoms with van der Waals surface area (Å²) in [4.78, 5) is 2.18. The van der Waals surface area contributed by atoms with Crippen molar-refractivity contribution in [1.82, 2.24) is 4.90 Å². The van der Waals surface area contributed by atoms with Crippen molar-refractivity contribution in [3.05, 3.63) is 34.9 Å². The quantitative estimate of drug-likeness (QED) is 0.821. The lowest BCUT2D eigenvalue weighted by Crippen LogP contribution is -2.26. The second-order valence-electron chi connectivity index (χ2n) is 5.79. The third-order valence-corrected chi connectivity index (χ3v) is 4.26. The molecule has 0 amide bonds. The van der Waals surface area contributed by atoms with Crippen LogP contribution < -0.4 is 0 Å². The van der Waals surface area contributed by atoms with Crippen molar-refractivity contribution in [2.45, 2.75) is 45.1 Å². The van der Waals surface area contributed by atoms with Crippen molar-refractivity contribution in [3.8, 4) is 6.07 Å². The van der Waals surface area contributed by atoms with Gasteiger partial charge in [0.25, 0.3) is 0 Å². The predicted molar refractivity (Wildman–Crippen MR) is 78.9 cm³/mol. The number of aryl methyl sites for hydroxylation is 2. The number of rotatable bonds is 4. The fraction of sp³-hybridized carbons (Fsp3) is 0.588. The largest absolute Gasteiger partial charge is 0.301 e. The topological polar surface area (TPSA) is 27.0 Å². The Bertz CT molecular complexity index is 471. The summed E-state index contributed by atoms with van der Waals surface area (Å²) in [5.74, 6) is 0.0663. The molecule has 0 aliphatic heterocycles. The molecule has 2 unspecified atom stereocenters. The van der Waals surface area contributed by atoms with Crippen molar-refractivity contribution in [2.75, 3.05) is 14.1 Å². The van der Waals surface area contributed by atoms with Gasteiger partial charge in [0, 0.05) is 0 Å². The Balaban J connectivity index is 2.34. The van der Waals surface area contributed by atoms with E-state index in [1.54, 1.807) is 0 Å². The Morgan fingerprint density at radius 3 is 2.47 bits per heavy atom. The van der Waals surface area contributed by atoms with E-state index in [-0.39, 0.29) is 12.0 Å². The molecule has 2 rings (SSSR count). The average Bonchev–Trinajstić information content (AvgIpc) is 2.43. The highest BCUT2D eigenvalue weighted by Crippen LogP contribution is 2.32. The molecule has 0 saturated heterocycles. The lowest BCUT2D eigenvalue weighted by atomic mass is 9.85. The minimum atomic E-state index is 0.0663. The van der Waals surface area contributed by atoms with Crippen LogP contribution in [0.15, 0.2) is 18.2 Å². The third-order valence-electron chi connectivity index (χ3n) is 4.26. The van der Waals surface area contributed by atoms with Gasteiger partial charge in [-0.3, -0.25) is 0 Å². The van der Waals surface area contributed by atoms with Gasteiger partial charge in [-0.2, -0.15) is 5.26 Å². The van der Waals surface area contributed by atoms with Gasteiger partial charge in [-0.15, -0.1) is 0 Å². The molecule has 1 aliphatic carbocycles. The third kappa shape index (κ3) is 2.98. The second-order valence-corrected chi connectivity index (χ2v) is 5.79. The zero-order chi connectivity index (χ0) is 13.8. The van der Waals surface area contributed by atoms with Crippen LogP contribution in [0.1, 0.15) is 48.9 Å². The Hall–Kier alpha value is -1.33. The van der Waals surface area contributed by atoms with E-state index in [0.29, 0.717) is 0 Å².